The minimum Gasteiger partial charge on any atom is -0.496 e. The Bertz CT molecular complexity index is 1200. The molecule has 1 amide bonds. The standard InChI is InChI=1S/C28H31F4NO3/c1-15(2)22-12-23(25(35-5)13-24(22)29)21-8-6-7-18(21)14-33-17(4)26(36-27(33)34)19-9-16(3)10-20(11-19)28(30,31)32/h9-13,15,17,26H,6-8,14H2,1-5H3/t17-,26-/m0/s1. The summed E-state index contributed by atoms with van der Waals surface area (Å²) >= 11 is 0. The zero-order valence-corrected chi connectivity index (χ0v) is 21.1. The van der Waals surface area contributed by atoms with Crippen molar-refractivity contribution in [1.29, 1.82) is 0 Å². The number of rotatable bonds is 6. The number of halogens is 4. The Balaban J connectivity index is 1.66. The van der Waals surface area contributed by atoms with Crippen LogP contribution in [-0.2, 0) is 10.9 Å². The van der Waals surface area contributed by atoms with Crippen molar-refractivity contribution < 1.29 is 31.8 Å². The number of benzene rings is 2. The third kappa shape index (κ3) is 4.95. The smallest absolute Gasteiger partial charge is 0.416 e. The SMILES string of the molecule is COc1cc(F)c(C(C)C)cc1C1=C(CN2C(=O)O[C@H](c3cc(C)cc(C(F)(F)F)c3)[C@@H]2C)CCC1. The van der Waals surface area contributed by atoms with E-state index in [0.717, 1.165) is 48.1 Å². The topological polar surface area (TPSA) is 38.8 Å². The summed E-state index contributed by atoms with van der Waals surface area (Å²) in [6.07, 6.45) is -3.44. The van der Waals surface area contributed by atoms with Gasteiger partial charge < -0.3 is 9.47 Å². The van der Waals surface area contributed by atoms with Gasteiger partial charge in [-0.05, 0) is 79.5 Å². The van der Waals surface area contributed by atoms with E-state index in [9.17, 15) is 22.4 Å². The van der Waals surface area contributed by atoms with Crippen LogP contribution in [-0.4, -0.2) is 30.7 Å². The fourth-order valence-electron chi connectivity index (χ4n) is 5.23. The molecule has 194 valence electrons. The fourth-order valence-corrected chi connectivity index (χ4v) is 5.23. The van der Waals surface area contributed by atoms with E-state index in [4.69, 9.17) is 9.47 Å². The highest BCUT2D eigenvalue weighted by atomic mass is 19.4. The van der Waals surface area contributed by atoms with Crippen LogP contribution in [0.5, 0.6) is 5.75 Å². The van der Waals surface area contributed by atoms with Crippen molar-refractivity contribution in [3.63, 3.8) is 0 Å². The van der Waals surface area contributed by atoms with Crippen LogP contribution in [0.1, 0.15) is 79.9 Å². The molecule has 1 heterocycles. The average molecular weight is 506 g/mol. The van der Waals surface area contributed by atoms with Crippen molar-refractivity contribution in [2.45, 2.75) is 71.2 Å². The van der Waals surface area contributed by atoms with Gasteiger partial charge in [0.15, 0.2) is 0 Å². The minimum atomic E-state index is -4.49. The number of hydrogen-bond acceptors (Lipinski definition) is 3. The van der Waals surface area contributed by atoms with Gasteiger partial charge in [0.1, 0.15) is 17.7 Å². The third-order valence-corrected chi connectivity index (χ3v) is 7.11. The summed E-state index contributed by atoms with van der Waals surface area (Å²) in [4.78, 5) is 14.4. The van der Waals surface area contributed by atoms with Gasteiger partial charge in [0.05, 0.1) is 18.7 Å². The van der Waals surface area contributed by atoms with E-state index >= 15 is 0 Å². The lowest BCUT2D eigenvalue weighted by Crippen LogP contribution is -2.33. The van der Waals surface area contributed by atoms with E-state index in [-0.39, 0.29) is 11.7 Å². The molecule has 0 unspecified atom stereocenters. The van der Waals surface area contributed by atoms with E-state index in [1.165, 1.54) is 13.2 Å². The first kappa shape index (κ1) is 26.0. The van der Waals surface area contributed by atoms with E-state index < -0.39 is 30.0 Å². The Morgan fingerprint density at radius 1 is 1.14 bits per heavy atom. The van der Waals surface area contributed by atoms with Crippen LogP contribution < -0.4 is 4.74 Å². The van der Waals surface area contributed by atoms with E-state index in [1.54, 1.807) is 24.8 Å². The summed E-state index contributed by atoms with van der Waals surface area (Å²) in [6, 6.07) is 6.55. The molecule has 4 nitrogen and oxygen atoms in total. The molecule has 0 radical (unpaired) electrons. The third-order valence-electron chi connectivity index (χ3n) is 7.11. The van der Waals surface area contributed by atoms with Gasteiger partial charge in [0, 0.05) is 18.2 Å². The predicted octanol–water partition coefficient (Wildman–Crippen LogP) is 7.80. The number of allylic oxidation sites excluding steroid dienone is 1. The van der Waals surface area contributed by atoms with Gasteiger partial charge in [-0.15, -0.1) is 0 Å². The number of carbonyl (C=O) groups is 1. The Kier molecular flexibility index (Phi) is 7.08. The first-order valence-corrected chi connectivity index (χ1v) is 12.2. The molecule has 4 rings (SSSR count). The van der Waals surface area contributed by atoms with Gasteiger partial charge in [-0.2, -0.15) is 13.2 Å². The summed E-state index contributed by atoms with van der Waals surface area (Å²) in [5.74, 6) is 0.118. The number of alkyl halides is 3. The molecule has 2 aliphatic rings. The number of aryl methyl sites for hydroxylation is 1. The second-order valence-electron chi connectivity index (χ2n) is 9.97. The van der Waals surface area contributed by atoms with Crippen molar-refractivity contribution >= 4 is 11.7 Å². The summed E-state index contributed by atoms with van der Waals surface area (Å²) in [5, 5.41) is 0. The lowest BCUT2D eigenvalue weighted by molar-refractivity contribution is -0.137. The van der Waals surface area contributed by atoms with Crippen molar-refractivity contribution in [1.82, 2.24) is 4.90 Å². The number of hydrogen-bond donors (Lipinski definition) is 0. The Morgan fingerprint density at radius 3 is 2.50 bits per heavy atom. The largest absolute Gasteiger partial charge is 0.496 e. The highest BCUT2D eigenvalue weighted by Gasteiger charge is 2.42. The zero-order valence-electron chi connectivity index (χ0n) is 21.1. The number of cyclic esters (lactones) is 1. The maximum absolute atomic E-state index is 14.6. The second-order valence-corrected chi connectivity index (χ2v) is 9.97. The maximum atomic E-state index is 14.6. The Labute approximate surface area is 208 Å². The number of ether oxygens (including phenoxy) is 2. The maximum Gasteiger partial charge on any atom is 0.416 e. The first-order valence-electron chi connectivity index (χ1n) is 12.2. The van der Waals surface area contributed by atoms with Gasteiger partial charge in [-0.3, -0.25) is 4.90 Å². The molecule has 2 aromatic carbocycles. The number of carbonyl (C=O) groups excluding carboxylic acids is 1. The quantitative estimate of drug-likeness (QED) is 0.376. The van der Waals surface area contributed by atoms with E-state index in [0.29, 0.717) is 29.0 Å². The predicted molar refractivity (Wildman–Crippen MR) is 129 cm³/mol. The molecule has 2 aromatic rings. The molecule has 0 saturated carbocycles. The van der Waals surface area contributed by atoms with Crippen LogP contribution in [0.4, 0.5) is 22.4 Å². The molecule has 0 aromatic heterocycles. The summed E-state index contributed by atoms with van der Waals surface area (Å²) < 4.78 is 65.7. The monoisotopic (exact) mass is 505 g/mol. The average Bonchev–Trinajstić information content (AvgIpc) is 3.37. The van der Waals surface area contributed by atoms with Crippen molar-refractivity contribution in [3.05, 3.63) is 69.5 Å². The van der Waals surface area contributed by atoms with Crippen molar-refractivity contribution in [2.75, 3.05) is 13.7 Å². The zero-order chi connectivity index (χ0) is 26.4. The van der Waals surface area contributed by atoms with Crippen LogP contribution >= 0.6 is 0 Å². The van der Waals surface area contributed by atoms with Gasteiger partial charge in [-0.1, -0.05) is 25.5 Å². The summed E-state index contributed by atoms with van der Waals surface area (Å²) in [7, 11) is 1.50. The fraction of sp³-hybridized carbons (Fsp3) is 0.464. The lowest BCUT2D eigenvalue weighted by Gasteiger charge is -2.23. The summed E-state index contributed by atoms with van der Waals surface area (Å²) in [6.45, 7) is 7.53. The number of amides is 1. The molecule has 2 atom stereocenters. The molecule has 0 N–H and O–H groups in total. The second kappa shape index (κ2) is 9.79. The van der Waals surface area contributed by atoms with Crippen LogP contribution in [0.25, 0.3) is 5.57 Å². The first-order chi connectivity index (χ1) is 16.9. The van der Waals surface area contributed by atoms with Crippen molar-refractivity contribution in [2.24, 2.45) is 0 Å². The highest BCUT2D eigenvalue weighted by Crippen LogP contribution is 2.43. The van der Waals surface area contributed by atoms with Crippen LogP contribution in [0.3, 0.4) is 0 Å². The minimum absolute atomic E-state index is 0.00892. The van der Waals surface area contributed by atoms with Gasteiger partial charge in [0.2, 0.25) is 0 Å². The van der Waals surface area contributed by atoms with Crippen LogP contribution in [0.2, 0.25) is 0 Å². The molecule has 1 saturated heterocycles. The summed E-state index contributed by atoms with van der Waals surface area (Å²) in [5.41, 5.74) is 3.48. The molecular formula is C28H31F4NO3. The lowest BCUT2D eigenvalue weighted by atomic mass is 9.93. The molecule has 1 aliphatic heterocycles. The van der Waals surface area contributed by atoms with Gasteiger partial charge >= 0.3 is 12.3 Å². The normalized spacial score (nSPS) is 20.5. The van der Waals surface area contributed by atoms with Crippen molar-refractivity contribution in [3.8, 4) is 5.75 Å². The van der Waals surface area contributed by atoms with Gasteiger partial charge in [-0.25, -0.2) is 9.18 Å². The molecule has 1 aliphatic carbocycles. The highest BCUT2D eigenvalue weighted by molar-refractivity contribution is 5.77. The number of nitrogens with zero attached hydrogens (tertiary/aromatic N) is 1. The Hall–Kier alpha value is -3.03. The molecule has 1 fully saturated rings. The molecule has 8 heteroatoms. The van der Waals surface area contributed by atoms with Gasteiger partial charge in [0.25, 0.3) is 0 Å². The number of methoxy groups -OCH3 is 1. The van der Waals surface area contributed by atoms with E-state index in [1.807, 2.05) is 19.9 Å². The molecular weight excluding hydrogens is 474 g/mol. The van der Waals surface area contributed by atoms with Crippen LogP contribution in [0.15, 0.2) is 35.9 Å². The van der Waals surface area contributed by atoms with E-state index in [2.05, 4.69) is 0 Å². The Morgan fingerprint density at radius 2 is 1.86 bits per heavy atom. The molecule has 36 heavy (non-hydrogen) atoms. The molecule has 0 bridgehead atoms. The molecule has 0 spiro atoms. The van der Waals surface area contributed by atoms with Crippen LogP contribution in [0, 0.1) is 12.7 Å².